The Hall–Kier alpha value is -4.11. The highest BCUT2D eigenvalue weighted by molar-refractivity contribution is 5.92. The van der Waals surface area contributed by atoms with Gasteiger partial charge in [-0.15, -0.1) is 0 Å². The zero-order valence-electron chi connectivity index (χ0n) is 20.9. The molecule has 4 N–H and O–H groups in total. The summed E-state index contributed by atoms with van der Waals surface area (Å²) in [5, 5.41) is 5.36. The van der Waals surface area contributed by atoms with Gasteiger partial charge in [-0.1, -0.05) is 6.07 Å². The zero-order valence-corrected chi connectivity index (χ0v) is 20.9. The third kappa shape index (κ3) is 6.77. The van der Waals surface area contributed by atoms with Crippen molar-refractivity contribution in [1.29, 1.82) is 0 Å². The summed E-state index contributed by atoms with van der Waals surface area (Å²) in [5.74, 6) is 6.21. The molecule has 9 heteroatoms. The van der Waals surface area contributed by atoms with Gasteiger partial charge in [0.15, 0.2) is 5.82 Å². The van der Waals surface area contributed by atoms with Crippen molar-refractivity contribution in [2.75, 3.05) is 11.9 Å². The van der Waals surface area contributed by atoms with Crippen molar-refractivity contribution in [3.8, 4) is 0 Å². The monoisotopic (exact) mass is 501 g/mol. The lowest BCUT2D eigenvalue weighted by molar-refractivity contribution is -0.121. The number of pyridine rings is 1. The number of hydrogen-bond donors (Lipinski definition) is 3. The predicted molar refractivity (Wildman–Crippen MR) is 147 cm³/mol. The minimum Gasteiger partial charge on any atom is -0.359 e. The van der Waals surface area contributed by atoms with Crippen molar-refractivity contribution in [3.63, 3.8) is 0 Å². The lowest BCUT2D eigenvalue weighted by atomic mass is 9.81. The number of aliphatic imine (C=N–C) groups is 2. The molecular formula is C28H32FN7O. The van der Waals surface area contributed by atoms with Gasteiger partial charge in [0.1, 0.15) is 0 Å². The molecule has 0 radical (unpaired) electrons. The highest BCUT2D eigenvalue weighted by Crippen LogP contribution is 2.30. The number of aromatic amines is 1. The van der Waals surface area contributed by atoms with Crippen LogP contribution in [-0.4, -0.2) is 40.4 Å². The Bertz CT molecular complexity index is 1320. The number of hydrazine groups is 1. The van der Waals surface area contributed by atoms with Crippen LogP contribution in [-0.2, 0) is 4.79 Å². The minimum absolute atomic E-state index is 0.00549. The number of H-pyrrole nitrogens is 1. The molecule has 1 saturated carbocycles. The number of benzene rings is 1. The van der Waals surface area contributed by atoms with Crippen molar-refractivity contribution in [3.05, 3.63) is 78.3 Å². The van der Waals surface area contributed by atoms with E-state index in [1.165, 1.54) is 6.21 Å². The van der Waals surface area contributed by atoms with E-state index in [9.17, 15) is 9.18 Å². The van der Waals surface area contributed by atoms with Gasteiger partial charge in [-0.25, -0.2) is 10.2 Å². The summed E-state index contributed by atoms with van der Waals surface area (Å²) in [4.78, 5) is 27.8. The molecule has 0 unspecified atom stereocenters. The fourth-order valence-electron chi connectivity index (χ4n) is 4.56. The van der Waals surface area contributed by atoms with Crippen LogP contribution < -0.4 is 11.2 Å². The number of anilines is 1. The predicted octanol–water partition coefficient (Wildman–Crippen LogP) is 5.21. The summed E-state index contributed by atoms with van der Waals surface area (Å²) in [6, 6.07) is 9.07. The van der Waals surface area contributed by atoms with E-state index < -0.39 is 0 Å². The Morgan fingerprint density at radius 3 is 2.81 bits per heavy atom. The maximum absolute atomic E-state index is 14.8. The van der Waals surface area contributed by atoms with Crippen LogP contribution in [0.3, 0.4) is 0 Å². The van der Waals surface area contributed by atoms with Gasteiger partial charge in [0.2, 0.25) is 5.91 Å². The van der Waals surface area contributed by atoms with E-state index in [1.807, 2.05) is 31.2 Å². The van der Waals surface area contributed by atoms with Crippen molar-refractivity contribution < 1.29 is 9.18 Å². The summed E-state index contributed by atoms with van der Waals surface area (Å²) in [6.45, 7) is 6.14. The molecule has 37 heavy (non-hydrogen) atoms. The number of hydrogen-bond acceptors (Lipinski definition) is 6. The maximum Gasteiger partial charge on any atom is 0.227 e. The number of allylic oxidation sites excluding steroid dienone is 1. The normalized spacial score (nSPS) is 18.5. The zero-order chi connectivity index (χ0) is 26.2. The first-order valence-corrected chi connectivity index (χ1v) is 12.3. The third-order valence-electron chi connectivity index (χ3n) is 6.64. The van der Waals surface area contributed by atoms with Crippen LogP contribution in [0.2, 0.25) is 0 Å². The fraction of sp³-hybridized carbons (Fsp3) is 0.286. The summed E-state index contributed by atoms with van der Waals surface area (Å²) >= 11 is 0. The van der Waals surface area contributed by atoms with Crippen LogP contribution in [0.15, 0.2) is 71.2 Å². The molecule has 3 aromatic rings. The number of nitrogens with one attached hydrogen (secondary N) is 2. The van der Waals surface area contributed by atoms with Crippen LogP contribution in [0.4, 0.5) is 10.1 Å². The summed E-state index contributed by atoms with van der Waals surface area (Å²) in [6.07, 6.45) is 13.3. The number of halogens is 1. The van der Waals surface area contributed by atoms with Crippen molar-refractivity contribution in [2.45, 2.75) is 32.6 Å². The van der Waals surface area contributed by atoms with Gasteiger partial charge in [0.25, 0.3) is 0 Å². The van der Waals surface area contributed by atoms with Crippen LogP contribution in [0.25, 0.3) is 16.6 Å². The number of amides is 1. The molecule has 0 bridgehead atoms. The Kier molecular flexibility index (Phi) is 8.58. The van der Waals surface area contributed by atoms with Crippen LogP contribution >= 0.6 is 0 Å². The number of aromatic nitrogens is 2. The molecule has 1 aliphatic rings. The van der Waals surface area contributed by atoms with Gasteiger partial charge < -0.3 is 15.3 Å². The number of nitrogens with two attached hydrogens (primary N) is 1. The average Bonchev–Trinajstić information content (AvgIpc) is 3.39. The van der Waals surface area contributed by atoms with Gasteiger partial charge in [0.05, 0.1) is 23.1 Å². The molecule has 1 aliphatic carbocycles. The molecule has 1 aromatic carbocycles. The molecular weight excluding hydrogens is 469 g/mol. The molecule has 0 aliphatic heterocycles. The number of rotatable bonds is 9. The number of nitrogens with zero attached hydrogens (tertiary/aromatic N) is 4. The highest BCUT2D eigenvalue weighted by Gasteiger charge is 2.26. The fourth-order valence-corrected chi connectivity index (χ4v) is 4.56. The molecule has 0 spiro atoms. The van der Waals surface area contributed by atoms with Crippen LogP contribution in [0.5, 0.6) is 0 Å². The van der Waals surface area contributed by atoms with Crippen LogP contribution in [0, 0.1) is 24.6 Å². The largest absolute Gasteiger partial charge is 0.359 e. The van der Waals surface area contributed by atoms with Gasteiger partial charge in [0, 0.05) is 53.9 Å². The van der Waals surface area contributed by atoms with Crippen LogP contribution in [0.1, 0.15) is 36.9 Å². The Labute approximate surface area is 215 Å². The minimum atomic E-state index is -0.377. The lowest BCUT2D eigenvalue weighted by Gasteiger charge is -2.29. The molecule has 2 aromatic heterocycles. The third-order valence-corrected chi connectivity index (χ3v) is 6.64. The summed E-state index contributed by atoms with van der Waals surface area (Å²) in [5.41, 5.74) is 2.81. The first kappa shape index (κ1) is 26.0. The highest BCUT2D eigenvalue weighted by atomic mass is 19.1. The van der Waals surface area contributed by atoms with E-state index in [1.54, 1.807) is 41.9 Å². The second kappa shape index (κ2) is 12.2. The van der Waals surface area contributed by atoms with Crippen molar-refractivity contribution >= 4 is 41.1 Å². The molecule has 1 amide bonds. The Balaban J connectivity index is 1.23. The average molecular weight is 502 g/mol. The molecule has 1 fully saturated rings. The number of carbonyl (C=O) groups excluding carboxylic acids is 1. The molecule has 2 heterocycles. The smallest absolute Gasteiger partial charge is 0.227 e. The first-order chi connectivity index (χ1) is 17.9. The SMILES string of the molecule is C=N/C(=C/C=N\C=C/N(N)CC1CCC(C(=O)Nc2ccc(C)nc2)CC1)c1ccc2cc[nH]c2c1F. The first-order valence-electron chi connectivity index (χ1n) is 12.3. The Morgan fingerprint density at radius 1 is 1.27 bits per heavy atom. The lowest BCUT2D eigenvalue weighted by Crippen LogP contribution is -2.34. The van der Waals surface area contributed by atoms with Gasteiger partial charge in [-0.3, -0.25) is 19.8 Å². The molecule has 8 nitrogen and oxygen atoms in total. The van der Waals surface area contributed by atoms with E-state index in [2.05, 4.69) is 32.0 Å². The van der Waals surface area contributed by atoms with E-state index in [0.29, 0.717) is 29.2 Å². The van der Waals surface area contributed by atoms with E-state index >= 15 is 0 Å². The maximum atomic E-state index is 14.8. The summed E-state index contributed by atoms with van der Waals surface area (Å²) in [7, 11) is 0. The van der Waals surface area contributed by atoms with Crippen molar-refractivity contribution in [1.82, 2.24) is 15.0 Å². The van der Waals surface area contributed by atoms with E-state index in [4.69, 9.17) is 5.84 Å². The van der Waals surface area contributed by atoms with Gasteiger partial charge in [-0.05, 0) is 75.6 Å². The van der Waals surface area contributed by atoms with Crippen molar-refractivity contribution in [2.24, 2.45) is 27.7 Å². The van der Waals surface area contributed by atoms with Gasteiger partial charge in [-0.2, -0.15) is 0 Å². The van der Waals surface area contributed by atoms with E-state index in [-0.39, 0.29) is 17.6 Å². The summed E-state index contributed by atoms with van der Waals surface area (Å²) < 4.78 is 14.8. The Morgan fingerprint density at radius 2 is 2.08 bits per heavy atom. The number of aryl methyl sites for hydroxylation is 1. The standard InChI is InChI=1S/C28H32FN7O/c1-19-3-9-23(17-34-19)35-28(37)22-6-4-20(5-7-22)18-36(30)16-15-32-13-12-25(31-2)24-10-8-21-11-14-33-27(21)26(24)29/h3,8-17,20,22,33H,2,4-7,18,30H2,1H3,(H,35,37)/b16-15-,25-12+,32-13-. The molecule has 0 atom stereocenters. The molecule has 4 rings (SSSR count). The number of fused-ring (bicyclic) bond motifs is 1. The topological polar surface area (TPSA) is 112 Å². The van der Waals surface area contributed by atoms with Gasteiger partial charge >= 0.3 is 0 Å². The number of carbonyl (C=O) groups is 1. The second-order valence-electron chi connectivity index (χ2n) is 9.27. The molecule has 0 saturated heterocycles. The van der Waals surface area contributed by atoms with E-state index in [0.717, 1.165) is 42.5 Å². The quantitative estimate of drug-likeness (QED) is 0.212. The second-order valence-corrected chi connectivity index (χ2v) is 9.27. The molecule has 192 valence electrons.